The third-order valence-electron chi connectivity index (χ3n) is 4.15. The molecule has 0 fully saturated rings. The third-order valence-corrected chi connectivity index (χ3v) is 5.04. The predicted octanol–water partition coefficient (Wildman–Crippen LogP) is 3.19. The molecule has 8 heteroatoms. The number of nitrogens with zero attached hydrogens (tertiary/aromatic N) is 1. The van der Waals surface area contributed by atoms with Gasteiger partial charge in [0, 0.05) is 18.4 Å². The highest BCUT2D eigenvalue weighted by Crippen LogP contribution is 2.28. The van der Waals surface area contributed by atoms with Crippen molar-refractivity contribution in [1.82, 2.24) is 10.3 Å². The minimum Gasteiger partial charge on any atom is -0.469 e. The van der Waals surface area contributed by atoms with Gasteiger partial charge in [-0.1, -0.05) is 24.3 Å². The molecule has 0 unspecified atom stereocenters. The lowest BCUT2D eigenvalue weighted by molar-refractivity contribution is -0.140. The summed E-state index contributed by atoms with van der Waals surface area (Å²) in [5.74, 6) is -1.36. The Morgan fingerprint density at radius 1 is 1.14 bits per heavy atom. The van der Waals surface area contributed by atoms with E-state index >= 15 is 0 Å². The van der Waals surface area contributed by atoms with Crippen LogP contribution in [0.5, 0.6) is 0 Å². The van der Waals surface area contributed by atoms with E-state index in [0.29, 0.717) is 35.1 Å². The van der Waals surface area contributed by atoms with Crippen LogP contribution < -0.4 is 5.32 Å². The van der Waals surface area contributed by atoms with Gasteiger partial charge < -0.3 is 14.8 Å². The molecule has 0 aliphatic heterocycles. The number of thiophene rings is 1. The van der Waals surface area contributed by atoms with Gasteiger partial charge in [0.2, 0.25) is 0 Å². The Morgan fingerprint density at radius 2 is 1.97 bits per heavy atom. The Hall–Kier alpha value is -3.26. The number of hydrogen-bond donors (Lipinski definition) is 1. The maximum absolute atomic E-state index is 12.7. The molecule has 3 aromatic rings. The SMILES string of the molecule is COC(=O)CCCNC(=O)COC(=O)c1cc(-c2cccs2)nc2ccccc12. The van der Waals surface area contributed by atoms with E-state index in [0.717, 1.165) is 4.88 Å². The van der Waals surface area contributed by atoms with Crippen molar-refractivity contribution < 1.29 is 23.9 Å². The van der Waals surface area contributed by atoms with Gasteiger partial charge in [-0.25, -0.2) is 9.78 Å². The first kappa shape index (κ1) is 20.5. The lowest BCUT2D eigenvalue weighted by Gasteiger charge is -2.10. The Kier molecular flexibility index (Phi) is 6.91. The monoisotopic (exact) mass is 412 g/mol. The van der Waals surface area contributed by atoms with Gasteiger partial charge in [0.05, 0.1) is 28.8 Å². The van der Waals surface area contributed by atoms with Crippen LogP contribution in [-0.2, 0) is 19.1 Å². The van der Waals surface area contributed by atoms with E-state index in [4.69, 9.17) is 4.74 Å². The zero-order chi connectivity index (χ0) is 20.6. The van der Waals surface area contributed by atoms with Gasteiger partial charge in [0.15, 0.2) is 6.61 Å². The second-order valence-corrected chi connectivity index (χ2v) is 7.10. The quantitative estimate of drug-likeness (QED) is 0.451. The number of nitrogens with one attached hydrogen (secondary N) is 1. The molecule has 0 atom stereocenters. The fourth-order valence-electron chi connectivity index (χ4n) is 2.72. The molecule has 150 valence electrons. The van der Waals surface area contributed by atoms with Crippen molar-refractivity contribution in [3.8, 4) is 10.6 Å². The van der Waals surface area contributed by atoms with Gasteiger partial charge >= 0.3 is 11.9 Å². The zero-order valence-electron chi connectivity index (χ0n) is 15.8. The Morgan fingerprint density at radius 3 is 2.72 bits per heavy atom. The number of carbonyl (C=O) groups excluding carboxylic acids is 3. The fourth-order valence-corrected chi connectivity index (χ4v) is 3.40. The van der Waals surface area contributed by atoms with Gasteiger partial charge in [-0.15, -0.1) is 11.3 Å². The van der Waals surface area contributed by atoms with E-state index in [2.05, 4.69) is 15.0 Å². The molecular formula is C21H20N2O5S. The molecule has 3 rings (SSSR count). The number of carbonyl (C=O) groups is 3. The first-order chi connectivity index (χ1) is 14.1. The number of amides is 1. The molecule has 0 saturated heterocycles. The molecule has 0 aliphatic rings. The van der Waals surface area contributed by atoms with Crippen LogP contribution in [0.25, 0.3) is 21.5 Å². The molecule has 1 amide bonds. The molecule has 0 radical (unpaired) electrons. The van der Waals surface area contributed by atoms with E-state index in [-0.39, 0.29) is 12.4 Å². The Bertz CT molecular complexity index is 1020. The van der Waals surface area contributed by atoms with Crippen LogP contribution >= 0.6 is 11.3 Å². The lowest BCUT2D eigenvalue weighted by Crippen LogP contribution is -2.30. The number of hydrogen-bond acceptors (Lipinski definition) is 7. The van der Waals surface area contributed by atoms with E-state index in [9.17, 15) is 14.4 Å². The summed E-state index contributed by atoms with van der Waals surface area (Å²) in [6.07, 6.45) is 0.663. The maximum atomic E-state index is 12.7. The van der Waals surface area contributed by atoms with E-state index in [1.54, 1.807) is 12.1 Å². The van der Waals surface area contributed by atoms with Crippen LogP contribution in [0, 0.1) is 0 Å². The Labute approximate surface area is 171 Å². The average Bonchev–Trinajstić information content (AvgIpc) is 3.29. The summed E-state index contributed by atoms with van der Waals surface area (Å²) in [7, 11) is 1.31. The average molecular weight is 412 g/mol. The van der Waals surface area contributed by atoms with Gasteiger partial charge in [-0.2, -0.15) is 0 Å². The molecule has 1 aromatic carbocycles. The van der Waals surface area contributed by atoms with Crippen LogP contribution in [0.15, 0.2) is 47.8 Å². The first-order valence-electron chi connectivity index (χ1n) is 9.03. The molecule has 7 nitrogen and oxygen atoms in total. The number of methoxy groups -OCH3 is 1. The smallest absolute Gasteiger partial charge is 0.339 e. The minimum atomic E-state index is -0.592. The highest BCUT2D eigenvalue weighted by Gasteiger charge is 2.16. The van der Waals surface area contributed by atoms with Crippen LogP contribution in [0.4, 0.5) is 0 Å². The molecule has 2 heterocycles. The summed E-state index contributed by atoms with van der Waals surface area (Å²) >= 11 is 1.53. The van der Waals surface area contributed by atoms with Crippen molar-refractivity contribution in [3.63, 3.8) is 0 Å². The van der Waals surface area contributed by atoms with Gasteiger partial charge in [0.1, 0.15) is 0 Å². The second-order valence-electron chi connectivity index (χ2n) is 6.16. The van der Waals surface area contributed by atoms with Crippen LogP contribution in [-0.4, -0.2) is 43.1 Å². The second kappa shape index (κ2) is 9.79. The van der Waals surface area contributed by atoms with Crippen molar-refractivity contribution in [1.29, 1.82) is 0 Å². The highest BCUT2D eigenvalue weighted by atomic mass is 32.1. The van der Waals surface area contributed by atoms with E-state index in [1.807, 2.05) is 35.7 Å². The van der Waals surface area contributed by atoms with Crippen molar-refractivity contribution in [2.45, 2.75) is 12.8 Å². The molecule has 1 N–H and O–H groups in total. The third kappa shape index (κ3) is 5.39. The van der Waals surface area contributed by atoms with E-state index in [1.165, 1.54) is 18.4 Å². The molecule has 0 bridgehead atoms. The normalized spacial score (nSPS) is 10.5. The van der Waals surface area contributed by atoms with Crippen LogP contribution in [0.3, 0.4) is 0 Å². The van der Waals surface area contributed by atoms with Gasteiger partial charge in [0.25, 0.3) is 5.91 Å². The summed E-state index contributed by atoms with van der Waals surface area (Å²) < 4.78 is 9.73. The lowest BCUT2D eigenvalue weighted by atomic mass is 10.1. The van der Waals surface area contributed by atoms with Crippen molar-refractivity contribution >= 4 is 40.1 Å². The standard InChI is InChI=1S/C21H20N2O5S/c1-27-20(25)9-4-10-22-19(24)13-28-21(26)15-12-17(18-8-5-11-29-18)23-16-7-3-2-6-14(15)16/h2-3,5-8,11-12H,4,9-10,13H2,1H3,(H,22,24). The zero-order valence-corrected chi connectivity index (χ0v) is 16.7. The summed E-state index contributed by atoms with van der Waals surface area (Å²) in [4.78, 5) is 41.1. The summed E-state index contributed by atoms with van der Waals surface area (Å²) in [6.45, 7) is -0.103. The molecule has 0 saturated carbocycles. The number of para-hydroxylation sites is 1. The minimum absolute atomic E-state index is 0.213. The summed E-state index contributed by atoms with van der Waals surface area (Å²) in [6, 6.07) is 12.8. The highest BCUT2D eigenvalue weighted by molar-refractivity contribution is 7.13. The van der Waals surface area contributed by atoms with Gasteiger partial charge in [-0.3, -0.25) is 9.59 Å². The number of fused-ring (bicyclic) bond motifs is 1. The molecule has 0 spiro atoms. The van der Waals surface area contributed by atoms with E-state index < -0.39 is 18.5 Å². The molecule has 2 aromatic heterocycles. The number of esters is 2. The number of pyridine rings is 1. The molecule has 0 aliphatic carbocycles. The number of ether oxygens (including phenoxy) is 2. The number of rotatable bonds is 8. The predicted molar refractivity (Wildman–Crippen MR) is 110 cm³/mol. The maximum Gasteiger partial charge on any atom is 0.339 e. The van der Waals surface area contributed by atoms with Gasteiger partial charge in [-0.05, 0) is 30.0 Å². The largest absolute Gasteiger partial charge is 0.469 e. The first-order valence-corrected chi connectivity index (χ1v) is 9.90. The van der Waals surface area contributed by atoms with Crippen molar-refractivity contribution in [3.05, 3.63) is 53.4 Å². The van der Waals surface area contributed by atoms with Crippen molar-refractivity contribution in [2.24, 2.45) is 0 Å². The van der Waals surface area contributed by atoms with Crippen molar-refractivity contribution in [2.75, 3.05) is 20.3 Å². The number of benzene rings is 1. The fraction of sp³-hybridized carbons (Fsp3) is 0.238. The molecule has 29 heavy (non-hydrogen) atoms. The summed E-state index contributed by atoms with van der Waals surface area (Å²) in [5.41, 5.74) is 1.72. The van der Waals surface area contributed by atoms with Crippen LogP contribution in [0.2, 0.25) is 0 Å². The topological polar surface area (TPSA) is 94.6 Å². The van der Waals surface area contributed by atoms with Crippen LogP contribution in [0.1, 0.15) is 23.2 Å². The Balaban J connectivity index is 1.66. The summed E-state index contributed by atoms with van der Waals surface area (Å²) in [5, 5.41) is 5.21. The number of aromatic nitrogens is 1. The molecular weight excluding hydrogens is 392 g/mol.